The molecular weight excluding hydrogens is 240 g/mol. The van der Waals surface area contributed by atoms with Gasteiger partial charge < -0.3 is 19.7 Å². The Balaban J connectivity index is 2.15. The number of ether oxygens (including phenoxy) is 2. The fourth-order valence-corrected chi connectivity index (χ4v) is 2.47. The van der Waals surface area contributed by atoms with E-state index < -0.39 is 0 Å². The van der Waals surface area contributed by atoms with Crippen molar-refractivity contribution in [1.29, 1.82) is 0 Å². The van der Waals surface area contributed by atoms with Gasteiger partial charge in [-0.2, -0.15) is 0 Å². The lowest BCUT2D eigenvalue weighted by molar-refractivity contribution is 0.391. The number of nitrogens with two attached hydrogens (primary N) is 1. The first kappa shape index (κ1) is 10.3. The van der Waals surface area contributed by atoms with E-state index in [0.717, 1.165) is 22.0 Å². The smallest absolute Gasteiger partial charge is 0.222 e. The number of fused-ring (bicyclic) bond motifs is 1. The molecule has 0 bridgehead atoms. The summed E-state index contributed by atoms with van der Waals surface area (Å²) in [5.74, 6) is 2.48. The normalized spacial score (nSPS) is 13.2. The van der Waals surface area contributed by atoms with E-state index in [1.165, 1.54) is 0 Å². The summed E-state index contributed by atoms with van der Waals surface area (Å²) in [5.41, 5.74) is 6.97. The van der Waals surface area contributed by atoms with E-state index in [4.69, 9.17) is 19.7 Å². The zero-order valence-electron chi connectivity index (χ0n) is 9.10. The van der Waals surface area contributed by atoms with Crippen molar-refractivity contribution in [2.45, 2.75) is 4.90 Å². The van der Waals surface area contributed by atoms with Crippen molar-refractivity contribution in [2.24, 2.45) is 0 Å². The molecule has 2 aromatic rings. The Bertz CT molecular complexity index is 568. The molecule has 0 atom stereocenters. The van der Waals surface area contributed by atoms with Gasteiger partial charge in [-0.25, -0.2) is 0 Å². The highest BCUT2D eigenvalue weighted by Crippen LogP contribution is 2.43. The van der Waals surface area contributed by atoms with Gasteiger partial charge in [0.05, 0.1) is 12.0 Å². The SMILES string of the molecule is COc1cc2c(cc1-c1cc(N)on1)OCS2. The van der Waals surface area contributed by atoms with Gasteiger partial charge in [0.15, 0.2) is 0 Å². The molecule has 2 N–H and O–H groups in total. The molecule has 0 saturated carbocycles. The van der Waals surface area contributed by atoms with Gasteiger partial charge in [0.25, 0.3) is 0 Å². The molecule has 2 heterocycles. The van der Waals surface area contributed by atoms with E-state index in [-0.39, 0.29) is 5.88 Å². The predicted molar refractivity (Wildman–Crippen MR) is 64.3 cm³/mol. The summed E-state index contributed by atoms with van der Waals surface area (Å²) >= 11 is 1.64. The number of aromatic nitrogens is 1. The number of benzene rings is 1. The number of hydrogen-bond acceptors (Lipinski definition) is 6. The van der Waals surface area contributed by atoms with E-state index in [0.29, 0.717) is 11.6 Å². The number of methoxy groups -OCH3 is 1. The first-order chi connectivity index (χ1) is 8.28. The first-order valence-electron chi connectivity index (χ1n) is 4.98. The van der Waals surface area contributed by atoms with Crippen LogP contribution in [0.25, 0.3) is 11.3 Å². The second kappa shape index (κ2) is 3.89. The maximum atomic E-state index is 5.51. The zero-order valence-corrected chi connectivity index (χ0v) is 9.91. The van der Waals surface area contributed by atoms with E-state index in [1.54, 1.807) is 24.9 Å². The fraction of sp³-hybridized carbons (Fsp3) is 0.182. The molecule has 0 aliphatic carbocycles. The predicted octanol–water partition coefficient (Wildman–Crippen LogP) is 2.37. The number of thioether (sulfide) groups is 1. The van der Waals surface area contributed by atoms with E-state index in [9.17, 15) is 0 Å². The average Bonchev–Trinajstić information content (AvgIpc) is 2.94. The Kier molecular flexibility index (Phi) is 2.36. The molecular formula is C11H10N2O3S. The van der Waals surface area contributed by atoms with Crippen LogP contribution in [0.1, 0.15) is 0 Å². The van der Waals surface area contributed by atoms with Crippen molar-refractivity contribution >= 4 is 17.6 Å². The van der Waals surface area contributed by atoms with Crippen LogP contribution in [0, 0.1) is 0 Å². The molecule has 88 valence electrons. The largest absolute Gasteiger partial charge is 0.496 e. The minimum absolute atomic E-state index is 0.276. The fourth-order valence-electron chi connectivity index (χ4n) is 1.71. The number of nitrogen functional groups attached to an aromatic ring is 1. The Morgan fingerprint density at radius 2 is 2.29 bits per heavy atom. The van der Waals surface area contributed by atoms with E-state index >= 15 is 0 Å². The highest BCUT2D eigenvalue weighted by molar-refractivity contribution is 7.99. The third kappa shape index (κ3) is 1.70. The number of anilines is 1. The van der Waals surface area contributed by atoms with Gasteiger partial charge in [-0.3, -0.25) is 0 Å². The Labute approximate surface area is 102 Å². The Hall–Kier alpha value is -1.82. The van der Waals surface area contributed by atoms with E-state index in [2.05, 4.69) is 5.16 Å². The van der Waals surface area contributed by atoms with Crippen molar-refractivity contribution in [3.8, 4) is 22.8 Å². The molecule has 0 radical (unpaired) electrons. The lowest BCUT2D eigenvalue weighted by Crippen LogP contribution is -1.90. The van der Waals surface area contributed by atoms with Crippen LogP contribution in [0.2, 0.25) is 0 Å². The molecule has 1 aromatic carbocycles. The molecule has 5 nitrogen and oxygen atoms in total. The van der Waals surface area contributed by atoms with Gasteiger partial charge in [0.1, 0.15) is 23.1 Å². The van der Waals surface area contributed by atoms with E-state index in [1.807, 2.05) is 12.1 Å². The van der Waals surface area contributed by atoms with Crippen LogP contribution in [0.15, 0.2) is 27.6 Å². The van der Waals surface area contributed by atoms with Gasteiger partial charge in [-0.05, 0) is 12.1 Å². The molecule has 17 heavy (non-hydrogen) atoms. The van der Waals surface area contributed by atoms with Crippen LogP contribution in [-0.2, 0) is 0 Å². The molecule has 3 rings (SSSR count). The highest BCUT2D eigenvalue weighted by atomic mass is 32.2. The maximum Gasteiger partial charge on any atom is 0.222 e. The average molecular weight is 250 g/mol. The molecule has 0 saturated heterocycles. The lowest BCUT2D eigenvalue weighted by atomic mass is 10.1. The molecule has 1 aliphatic heterocycles. The van der Waals surface area contributed by atoms with Crippen molar-refractivity contribution in [3.05, 3.63) is 18.2 Å². The minimum Gasteiger partial charge on any atom is -0.496 e. The summed E-state index contributed by atoms with van der Waals surface area (Å²) in [6.07, 6.45) is 0. The van der Waals surface area contributed by atoms with Gasteiger partial charge in [0, 0.05) is 11.6 Å². The van der Waals surface area contributed by atoms with Gasteiger partial charge in [-0.1, -0.05) is 16.9 Å². The third-order valence-electron chi connectivity index (χ3n) is 2.50. The molecule has 0 unspecified atom stereocenters. The molecule has 1 aromatic heterocycles. The van der Waals surface area contributed by atoms with Crippen molar-refractivity contribution in [1.82, 2.24) is 5.16 Å². The summed E-state index contributed by atoms with van der Waals surface area (Å²) in [6, 6.07) is 5.49. The highest BCUT2D eigenvalue weighted by Gasteiger charge is 2.19. The monoisotopic (exact) mass is 250 g/mol. The van der Waals surface area contributed by atoms with Crippen LogP contribution in [-0.4, -0.2) is 18.2 Å². The summed E-state index contributed by atoms with van der Waals surface area (Å²) in [4.78, 5) is 1.07. The number of hydrogen-bond donors (Lipinski definition) is 1. The summed E-state index contributed by atoms with van der Waals surface area (Å²) in [6.45, 7) is 0. The maximum absolute atomic E-state index is 5.51. The van der Waals surface area contributed by atoms with Crippen LogP contribution in [0.4, 0.5) is 5.88 Å². The van der Waals surface area contributed by atoms with Gasteiger partial charge >= 0.3 is 0 Å². The third-order valence-corrected chi connectivity index (χ3v) is 3.36. The van der Waals surface area contributed by atoms with Crippen molar-refractivity contribution in [3.63, 3.8) is 0 Å². The topological polar surface area (TPSA) is 70.5 Å². The molecule has 0 spiro atoms. The number of nitrogens with zero attached hydrogens (tertiary/aromatic N) is 1. The number of rotatable bonds is 2. The summed E-state index contributed by atoms with van der Waals surface area (Å²) in [7, 11) is 1.62. The van der Waals surface area contributed by atoms with Crippen molar-refractivity contribution in [2.75, 3.05) is 18.8 Å². The van der Waals surface area contributed by atoms with Crippen LogP contribution >= 0.6 is 11.8 Å². The summed E-state index contributed by atoms with van der Waals surface area (Å²) in [5, 5.41) is 3.88. The molecule has 6 heteroatoms. The molecule has 0 fully saturated rings. The second-order valence-corrected chi connectivity index (χ2v) is 4.48. The molecule has 1 aliphatic rings. The zero-order chi connectivity index (χ0) is 11.8. The van der Waals surface area contributed by atoms with Gasteiger partial charge in [-0.15, -0.1) is 0 Å². The molecule has 0 amide bonds. The van der Waals surface area contributed by atoms with Crippen LogP contribution in [0.3, 0.4) is 0 Å². The summed E-state index contributed by atoms with van der Waals surface area (Å²) < 4.78 is 15.7. The Morgan fingerprint density at radius 3 is 3.00 bits per heavy atom. The van der Waals surface area contributed by atoms with Crippen LogP contribution < -0.4 is 15.2 Å². The Morgan fingerprint density at radius 1 is 1.41 bits per heavy atom. The van der Waals surface area contributed by atoms with Crippen LogP contribution in [0.5, 0.6) is 11.5 Å². The first-order valence-corrected chi connectivity index (χ1v) is 5.96. The lowest BCUT2D eigenvalue weighted by Gasteiger charge is -2.07. The quantitative estimate of drug-likeness (QED) is 0.882. The minimum atomic E-state index is 0.276. The van der Waals surface area contributed by atoms with Crippen molar-refractivity contribution < 1.29 is 14.0 Å². The standard InChI is InChI=1S/C11H10N2O3S/c1-14-8-4-10-9(15-5-17-10)2-6(8)7-3-11(12)16-13-7/h2-4H,5,12H2,1H3. The second-order valence-electron chi connectivity index (χ2n) is 3.52. The van der Waals surface area contributed by atoms with Gasteiger partial charge in [0.2, 0.25) is 5.88 Å².